The van der Waals surface area contributed by atoms with Gasteiger partial charge >= 0.3 is 0 Å². The number of pyridine rings is 1. The van der Waals surface area contributed by atoms with Crippen molar-refractivity contribution >= 4 is 27.7 Å². The number of ketones is 1. The Bertz CT molecular complexity index is 1580. The number of rotatable bonds is 10. The number of fused-ring (bicyclic) bond motifs is 3. The van der Waals surface area contributed by atoms with E-state index in [0.29, 0.717) is 5.92 Å². The minimum atomic E-state index is -0.337. The Labute approximate surface area is 279 Å². The van der Waals surface area contributed by atoms with Crippen LogP contribution in [0.4, 0.5) is 0 Å². The molecule has 1 N–H and O–H groups in total. The molecule has 241 valence electrons. The fourth-order valence-corrected chi connectivity index (χ4v) is 5.34. The second-order valence-electron chi connectivity index (χ2n) is 13.2. The van der Waals surface area contributed by atoms with Gasteiger partial charge < -0.3 is 9.52 Å². The average molecular weight is 775 g/mol. The van der Waals surface area contributed by atoms with Crippen molar-refractivity contribution < 1.29 is 34.4 Å². The van der Waals surface area contributed by atoms with Gasteiger partial charge in [0.25, 0.3) is 0 Å². The molecule has 0 saturated heterocycles. The van der Waals surface area contributed by atoms with Crippen LogP contribution >= 0.6 is 0 Å². The summed E-state index contributed by atoms with van der Waals surface area (Å²) in [5.41, 5.74) is 6.87. The molecular weight excluding hydrogens is 723 g/mol. The summed E-state index contributed by atoms with van der Waals surface area (Å²) in [4.78, 5) is 17.2. The fraction of sp³-hybridized carbons (Fsp3) is 0.487. The van der Waals surface area contributed by atoms with Gasteiger partial charge in [0.1, 0.15) is 17.1 Å². The second-order valence-corrected chi connectivity index (χ2v) is 13.2. The molecule has 44 heavy (non-hydrogen) atoms. The molecule has 2 aromatic carbocycles. The molecule has 4 aromatic rings. The molecule has 0 fully saturated rings. The number of carbonyl (C=O) groups excluding carboxylic acids is 1. The van der Waals surface area contributed by atoms with Crippen LogP contribution in [0.3, 0.4) is 0 Å². The van der Waals surface area contributed by atoms with Crippen LogP contribution in [-0.4, -0.2) is 15.9 Å². The number of nitrogens with zero attached hydrogens (tertiary/aromatic N) is 1. The van der Waals surface area contributed by atoms with E-state index in [1.807, 2.05) is 41.5 Å². The van der Waals surface area contributed by atoms with Crippen molar-refractivity contribution in [3.8, 4) is 11.3 Å². The van der Waals surface area contributed by atoms with E-state index >= 15 is 0 Å². The third kappa shape index (κ3) is 8.49. The Morgan fingerprint density at radius 1 is 0.909 bits per heavy atom. The van der Waals surface area contributed by atoms with Gasteiger partial charge in [-0.2, -0.15) is 0 Å². The first-order valence-electron chi connectivity index (χ1n) is 16.0. The maximum Gasteiger partial charge on any atom is 0.164 e. The van der Waals surface area contributed by atoms with E-state index in [9.17, 15) is 9.90 Å². The minimum absolute atomic E-state index is 0. The molecule has 0 spiro atoms. The number of hydrogen-bond acceptors (Lipinski definition) is 4. The molecule has 4 rings (SSSR count). The monoisotopic (exact) mass is 775 g/mol. The zero-order valence-corrected chi connectivity index (χ0v) is 31.1. The summed E-state index contributed by atoms with van der Waals surface area (Å²) in [5, 5.41) is 12.3. The van der Waals surface area contributed by atoms with Gasteiger partial charge in [0.15, 0.2) is 5.78 Å². The van der Waals surface area contributed by atoms with Gasteiger partial charge in [-0.1, -0.05) is 80.9 Å². The maximum absolute atomic E-state index is 12.2. The number of hydrogen-bond donors (Lipinski definition) is 1. The van der Waals surface area contributed by atoms with Crippen LogP contribution in [0.2, 0.25) is 0 Å². The van der Waals surface area contributed by atoms with Gasteiger partial charge in [-0.15, -0.1) is 34.9 Å². The normalized spacial score (nSPS) is 12.3. The number of aromatic nitrogens is 1. The first-order valence-corrected chi connectivity index (χ1v) is 16.0. The Morgan fingerprint density at radius 3 is 2.07 bits per heavy atom. The van der Waals surface area contributed by atoms with E-state index in [1.165, 1.54) is 17.2 Å². The molecule has 5 heteroatoms. The molecule has 0 amide bonds. The number of carbonyl (C=O) groups is 1. The Balaban J connectivity index is 0.000000331. The molecule has 4 nitrogen and oxygen atoms in total. The van der Waals surface area contributed by atoms with Crippen LogP contribution in [0.25, 0.3) is 33.1 Å². The Hall–Kier alpha value is -2.75. The van der Waals surface area contributed by atoms with Crippen LogP contribution < -0.4 is 0 Å². The maximum atomic E-state index is 12.2. The summed E-state index contributed by atoms with van der Waals surface area (Å²) in [6.45, 7) is 22.8. The molecule has 0 bridgehead atoms. The third-order valence-corrected chi connectivity index (χ3v) is 9.28. The van der Waals surface area contributed by atoms with Crippen LogP contribution in [0.1, 0.15) is 104 Å². The second kappa shape index (κ2) is 15.5. The van der Waals surface area contributed by atoms with Crippen molar-refractivity contribution in [2.75, 3.05) is 0 Å². The molecule has 2 heterocycles. The van der Waals surface area contributed by atoms with Crippen molar-refractivity contribution in [3.63, 3.8) is 0 Å². The van der Waals surface area contributed by atoms with Crippen molar-refractivity contribution in [1.29, 1.82) is 0 Å². The van der Waals surface area contributed by atoms with Crippen LogP contribution in [0, 0.1) is 43.6 Å². The molecule has 0 aliphatic heterocycles. The number of furan rings is 1. The largest absolute Gasteiger partial charge is 0.512 e. The van der Waals surface area contributed by atoms with E-state index in [1.54, 1.807) is 0 Å². The summed E-state index contributed by atoms with van der Waals surface area (Å²) in [7, 11) is 0. The SMILES string of the molecule is CCC(C)(CC)C(=O)/C=C(\O)C(C)(CC)CC.Cc1[c-]c(-c2nc3ccc(C)cc3c3oc(CC(C)C)cc23)cc(C)c1.[Ir]. The fourth-order valence-electron chi connectivity index (χ4n) is 5.34. The standard InChI is InChI=1S/C24H24NO.C15H28O2.Ir/c1-14(2)8-19-13-21-23(18-10-16(4)9-17(5)11-18)25-22-7-6-15(3)12-20(22)24(21)26-19;1-7-14(5,8-2)12(16)11-13(17)15(6,9-3)10-4;/h6-7,9-10,12-14H,8H2,1-5H3;11,16H,7-10H2,1-6H3;/q-1;;/b;12-11-;. The van der Waals surface area contributed by atoms with E-state index in [4.69, 9.17) is 9.40 Å². The molecule has 0 atom stereocenters. The van der Waals surface area contributed by atoms with E-state index < -0.39 is 0 Å². The van der Waals surface area contributed by atoms with Gasteiger partial charge in [-0.25, -0.2) is 0 Å². The molecule has 1 radical (unpaired) electrons. The molecular formula is C39H52IrNO3-. The number of benzene rings is 2. The van der Waals surface area contributed by atoms with Crippen LogP contribution in [0.15, 0.2) is 52.7 Å². The predicted molar refractivity (Wildman–Crippen MR) is 182 cm³/mol. The molecule has 2 aromatic heterocycles. The van der Waals surface area contributed by atoms with E-state index in [2.05, 4.69) is 77.1 Å². The average Bonchev–Trinajstić information content (AvgIpc) is 3.38. The number of aryl methyl sites for hydroxylation is 3. The third-order valence-electron chi connectivity index (χ3n) is 9.28. The topological polar surface area (TPSA) is 63.3 Å². The molecule has 0 aliphatic carbocycles. The van der Waals surface area contributed by atoms with Gasteiger partial charge in [-0.05, 0) is 62.4 Å². The van der Waals surface area contributed by atoms with E-state index in [0.717, 1.165) is 76.6 Å². The number of aliphatic hydroxyl groups is 1. The summed E-state index contributed by atoms with van der Waals surface area (Å²) < 4.78 is 6.32. The summed E-state index contributed by atoms with van der Waals surface area (Å²) >= 11 is 0. The number of aliphatic hydroxyl groups excluding tert-OH is 1. The first-order chi connectivity index (χ1) is 20.2. The summed E-state index contributed by atoms with van der Waals surface area (Å²) in [6, 6.07) is 16.3. The minimum Gasteiger partial charge on any atom is -0.512 e. The molecule has 0 aliphatic rings. The zero-order valence-electron chi connectivity index (χ0n) is 28.7. The Kier molecular flexibility index (Phi) is 13.2. The van der Waals surface area contributed by atoms with Gasteiger partial charge in [0, 0.05) is 54.2 Å². The van der Waals surface area contributed by atoms with Crippen molar-refractivity contribution in [2.24, 2.45) is 16.7 Å². The van der Waals surface area contributed by atoms with Crippen LogP contribution in [0.5, 0.6) is 0 Å². The smallest absolute Gasteiger partial charge is 0.164 e. The first kappa shape index (κ1) is 37.4. The summed E-state index contributed by atoms with van der Waals surface area (Å²) in [6.07, 6.45) is 5.68. The van der Waals surface area contributed by atoms with E-state index in [-0.39, 0.29) is 42.5 Å². The van der Waals surface area contributed by atoms with Gasteiger partial charge in [0.05, 0.1) is 5.52 Å². The van der Waals surface area contributed by atoms with Crippen molar-refractivity contribution in [3.05, 3.63) is 76.8 Å². The quantitative estimate of drug-likeness (QED) is 0.0990. The van der Waals surface area contributed by atoms with Crippen LogP contribution in [-0.2, 0) is 31.3 Å². The summed E-state index contributed by atoms with van der Waals surface area (Å²) in [5.74, 6) is 1.86. The van der Waals surface area contributed by atoms with Gasteiger partial charge in [-0.3, -0.25) is 9.78 Å². The van der Waals surface area contributed by atoms with Crippen molar-refractivity contribution in [1.82, 2.24) is 4.98 Å². The Morgan fingerprint density at radius 2 is 1.52 bits per heavy atom. The molecule has 0 saturated carbocycles. The number of allylic oxidation sites excluding steroid dienone is 2. The van der Waals surface area contributed by atoms with Crippen molar-refractivity contribution in [2.45, 2.75) is 108 Å². The zero-order chi connectivity index (χ0) is 32.1. The van der Waals surface area contributed by atoms with Gasteiger partial charge in [0.2, 0.25) is 0 Å². The molecule has 0 unspecified atom stereocenters. The predicted octanol–water partition coefficient (Wildman–Crippen LogP) is 11.2.